The van der Waals surface area contributed by atoms with Crippen molar-refractivity contribution in [3.05, 3.63) is 58.9 Å². The molecule has 0 aliphatic rings. The maximum absolute atomic E-state index is 12.2. The number of carbonyl (C=O) groups excluding carboxylic acids is 2. The van der Waals surface area contributed by atoms with Crippen LogP contribution < -0.4 is 11.1 Å². The summed E-state index contributed by atoms with van der Waals surface area (Å²) in [7, 11) is 0. The van der Waals surface area contributed by atoms with E-state index in [4.69, 9.17) is 5.73 Å². The van der Waals surface area contributed by atoms with Gasteiger partial charge in [0.05, 0.1) is 5.56 Å². The van der Waals surface area contributed by atoms with E-state index >= 15 is 0 Å². The van der Waals surface area contributed by atoms with E-state index in [2.05, 4.69) is 31.1 Å². The summed E-state index contributed by atoms with van der Waals surface area (Å²) in [4.78, 5) is 27.4. The molecule has 5 heteroatoms. The van der Waals surface area contributed by atoms with Crippen molar-refractivity contribution < 1.29 is 9.59 Å². The standard InChI is InChI=1S/C18H21N3O2/c1-11-9-15(20-10-14(11)16(19)22)17(23)21-13-7-5-12(6-8-13)18(2,3)4/h5-10H,1-4H3,(H2,19,22)(H,21,23). The Morgan fingerprint density at radius 2 is 1.74 bits per heavy atom. The van der Waals surface area contributed by atoms with Gasteiger partial charge in [0.25, 0.3) is 11.8 Å². The normalized spacial score (nSPS) is 11.1. The lowest BCUT2D eigenvalue weighted by Gasteiger charge is -2.19. The molecule has 1 aromatic carbocycles. The molecule has 0 bridgehead atoms. The maximum atomic E-state index is 12.2. The number of aryl methyl sites for hydroxylation is 1. The van der Waals surface area contributed by atoms with Gasteiger partial charge in [-0.2, -0.15) is 0 Å². The van der Waals surface area contributed by atoms with Crippen molar-refractivity contribution >= 4 is 17.5 Å². The van der Waals surface area contributed by atoms with Crippen LogP contribution in [0.4, 0.5) is 5.69 Å². The predicted octanol–water partition coefficient (Wildman–Crippen LogP) is 3.04. The first-order valence-corrected chi connectivity index (χ1v) is 7.37. The molecule has 2 amide bonds. The number of benzene rings is 1. The fraction of sp³-hybridized carbons (Fsp3) is 0.278. The number of pyridine rings is 1. The van der Waals surface area contributed by atoms with Crippen LogP contribution in [-0.2, 0) is 5.41 Å². The highest BCUT2D eigenvalue weighted by Gasteiger charge is 2.15. The lowest BCUT2D eigenvalue weighted by molar-refractivity contribution is 0.0992. The van der Waals surface area contributed by atoms with Crippen LogP contribution in [-0.4, -0.2) is 16.8 Å². The molecule has 120 valence electrons. The minimum Gasteiger partial charge on any atom is -0.366 e. The Bertz CT molecular complexity index is 744. The van der Waals surface area contributed by atoms with Gasteiger partial charge in [-0.15, -0.1) is 0 Å². The van der Waals surface area contributed by atoms with Crippen LogP contribution in [0.5, 0.6) is 0 Å². The number of carbonyl (C=O) groups is 2. The number of hydrogen-bond donors (Lipinski definition) is 2. The minimum absolute atomic E-state index is 0.0613. The third kappa shape index (κ3) is 3.94. The SMILES string of the molecule is Cc1cc(C(=O)Nc2ccc(C(C)(C)C)cc2)ncc1C(N)=O. The Labute approximate surface area is 135 Å². The van der Waals surface area contributed by atoms with Crippen LogP contribution in [0.1, 0.15) is 52.7 Å². The third-order valence-corrected chi connectivity index (χ3v) is 3.62. The molecule has 2 aromatic rings. The van der Waals surface area contributed by atoms with Gasteiger partial charge in [0.15, 0.2) is 0 Å². The van der Waals surface area contributed by atoms with Gasteiger partial charge in [0.1, 0.15) is 5.69 Å². The third-order valence-electron chi connectivity index (χ3n) is 3.62. The van der Waals surface area contributed by atoms with Crippen LogP contribution in [0.3, 0.4) is 0 Å². The molecule has 3 N–H and O–H groups in total. The zero-order valence-corrected chi connectivity index (χ0v) is 13.8. The molecule has 23 heavy (non-hydrogen) atoms. The van der Waals surface area contributed by atoms with Crippen molar-refractivity contribution in [3.8, 4) is 0 Å². The first kappa shape index (κ1) is 16.7. The second-order valence-electron chi connectivity index (χ2n) is 6.53. The zero-order valence-electron chi connectivity index (χ0n) is 13.8. The minimum atomic E-state index is -0.556. The summed E-state index contributed by atoms with van der Waals surface area (Å²) >= 11 is 0. The molecule has 0 atom stereocenters. The number of hydrogen-bond acceptors (Lipinski definition) is 3. The maximum Gasteiger partial charge on any atom is 0.274 e. The van der Waals surface area contributed by atoms with Gasteiger partial charge >= 0.3 is 0 Å². The number of primary amides is 1. The second-order valence-corrected chi connectivity index (χ2v) is 6.53. The molecule has 1 heterocycles. The summed E-state index contributed by atoms with van der Waals surface area (Å²) in [6.07, 6.45) is 1.33. The molecule has 0 unspecified atom stereocenters. The Morgan fingerprint density at radius 3 is 2.22 bits per heavy atom. The van der Waals surface area contributed by atoms with E-state index in [-0.39, 0.29) is 17.0 Å². The van der Waals surface area contributed by atoms with Crippen molar-refractivity contribution in [2.45, 2.75) is 33.1 Å². The van der Waals surface area contributed by atoms with E-state index in [1.165, 1.54) is 11.8 Å². The lowest BCUT2D eigenvalue weighted by Crippen LogP contribution is -2.17. The number of nitrogens with one attached hydrogen (secondary N) is 1. The van der Waals surface area contributed by atoms with E-state index in [1.807, 2.05) is 24.3 Å². The Morgan fingerprint density at radius 1 is 1.13 bits per heavy atom. The topological polar surface area (TPSA) is 85.1 Å². The summed E-state index contributed by atoms with van der Waals surface area (Å²) in [6.45, 7) is 8.12. The number of nitrogens with zero attached hydrogens (tertiary/aromatic N) is 1. The highest BCUT2D eigenvalue weighted by molar-refractivity contribution is 6.03. The van der Waals surface area contributed by atoms with Gasteiger partial charge < -0.3 is 11.1 Å². The van der Waals surface area contributed by atoms with Gasteiger partial charge in [-0.3, -0.25) is 14.6 Å². The fourth-order valence-corrected chi connectivity index (χ4v) is 2.19. The number of aromatic nitrogens is 1. The number of amides is 2. The van der Waals surface area contributed by atoms with Crippen molar-refractivity contribution in [2.24, 2.45) is 5.73 Å². The van der Waals surface area contributed by atoms with Crippen molar-refractivity contribution in [3.63, 3.8) is 0 Å². The average molecular weight is 311 g/mol. The van der Waals surface area contributed by atoms with Crippen LogP contribution in [0.25, 0.3) is 0 Å². The highest BCUT2D eigenvalue weighted by Crippen LogP contribution is 2.23. The smallest absolute Gasteiger partial charge is 0.274 e. The zero-order chi connectivity index (χ0) is 17.2. The molecular formula is C18H21N3O2. The van der Waals surface area contributed by atoms with Gasteiger partial charge in [0, 0.05) is 11.9 Å². The van der Waals surface area contributed by atoms with Gasteiger partial charge in [0.2, 0.25) is 0 Å². The summed E-state index contributed by atoms with van der Waals surface area (Å²) < 4.78 is 0. The molecular weight excluding hydrogens is 290 g/mol. The molecule has 0 saturated carbocycles. The van der Waals surface area contributed by atoms with Crippen LogP contribution in [0.2, 0.25) is 0 Å². The van der Waals surface area contributed by atoms with Crippen LogP contribution in [0.15, 0.2) is 36.5 Å². The Kier molecular flexibility index (Phi) is 4.50. The van der Waals surface area contributed by atoms with Crippen molar-refractivity contribution in [1.29, 1.82) is 0 Å². The van der Waals surface area contributed by atoms with Crippen molar-refractivity contribution in [1.82, 2.24) is 4.98 Å². The largest absolute Gasteiger partial charge is 0.366 e. The van der Waals surface area contributed by atoms with E-state index < -0.39 is 5.91 Å². The lowest BCUT2D eigenvalue weighted by atomic mass is 9.87. The molecule has 0 saturated heterocycles. The van der Waals surface area contributed by atoms with E-state index in [9.17, 15) is 9.59 Å². The van der Waals surface area contributed by atoms with E-state index in [0.29, 0.717) is 16.8 Å². The Hall–Kier alpha value is -2.69. The number of anilines is 1. The molecule has 1 aromatic heterocycles. The second kappa shape index (κ2) is 6.20. The summed E-state index contributed by atoms with van der Waals surface area (Å²) in [5, 5.41) is 2.80. The van der Waals surface area contributed by atoms with E-state index in [0.717, 1.165) is 0 Å². The number of nitrogens with two attached hydrogens (primary N) is 1. The van der Waals surface area contributed by atoms with Gasteiger partial charge in [-0.25, -0.2) is 0 Å². The number of rotatable bonds is 3. The summed E-state index contributed by atoms with van der Waals surface area (Å²) in [5.74, 6) is -0.882. The molecule has 5 nitrogen and oxygen atoms in total. The quantitative estimate of drug-likeness (QED) is 0.913. The van der Waals surface area contributed by atoms with Crippen molar-refractivity contribution in [2.75, 3.05) is 5.32 Å². The average Bonchev–Trinajstić information content (AvgIpc) is 2.46. The molecule has 0 fully saturated rings. The molecule has 2 rings (SSSR count). The first-order valence-electron chi connectivity index (χ1n) is 7.37. The summed E-state index contributed by atoms with van der Waals surface area (Å²) in [6, 6.07) is 9.26. The fourth-order valence-electron chi connectivity index (χ4n) is 2.19. The molecule has 0 spiro atoms. The van der Waals surface area contributed by atoms with Gasteiger partial charge in [-0.05, 0) is 41.7 Å². The monoisotopic (exact) mass is 311 g/mol. The van der Waals surface area contributed by atoms with Crippen LogP contribution >= 0.6 is 0 Å². The molecule has 0 aliphatic heterocycles. The van der Waals surface area contributed by atoms with E-state index in [1.54, 1.807) is 13.0 Å². The highest BCUT2D eigenvalue weighted by atomic mass is 16.2. The molecule has 0 radical (unpaired) electrons. The first-order chi connectivity index (χ1) is 10.7. The summed E-state index contributed by atoms with van der Waals surface area (Å²) in [5.41, 5.74) is 8.37. The van der Waals surface area contributed by atoms with Crippen LogP contribution in [0, 0.1) is 6.92 Å². The predicted molar refractivity (Wildman–Crippen MR) is 90.6 cm³/mol. The van der Waals surface area contributed by atoms with Gasteiger partial charge in [-0.1, -0.05) is 32.9 Å². The Balaban J connectivity index is 2.16. The molecule has 0 aliphatic carbocycles.